The first-order chi connectivity index (χ1) is 5.70. The SMILES string of the molecule is CC=CC(O)C#CC(=O)OCC. The number of ether oxygens (including phenoxy) is 1. The highest BCUT2D eigenvalue weighted by Gasteiger charge is 1.94. The second-order valence-electron chi connectivity index (χ2n) is 1.96. The van der Waals surface area contributed by atoms with E-state index >= 15 is 0 Å². The number of carbonyl (C=O) groups excluding carboxylic acids is 1. The zero-order valence-electron chi connectivity index (χ0n) is 7.20. The number of rotatable bonds is 2. The van der Waals surface area contributed by atoms with E-state index in [1.807, 2.05) is 0 Å². The Morgan fingerprint density at radius 3 is 2.92 bits per heavy atom. The third-order valence-electron chi connectivity index (χ3n) is 0.972. The summed E-state index contributed by atoms with van der Waals surface area (Å²) in [6.07, 6.45) is 2.25. The average molecular weight is 168 g/mol. The molecule has 1 unspecified atom stereocenters. The Kier molecular flexibility index (Phi) is 5.76. The van der Waals surface area contributed by atoms with Gasteiger partial charge in [0.05, 0.1) is 6.61 Å². The lowest BCUT2D eigenvalue weighted by molar-refractivity contribution is -0.136. The molecule has 0 aliphatic rings. The summed E-state index contributed by atoms with van der Waals surface area (Å²) in [4.78, 5) is 10.6. The van der Waals surface area contributed by atoms with E-state index in [0.29, 0.717) is 6.61 Å². The number of esters is 1. The Labute approximate surface area is 72.0 Å². The summed E-state index contributed by atoms with van der Waals surface area (Å²) in [5.41, 5.74) is 0. The van der Waals surface area contributed by atoms with Gasteiger partial charge in [0.2, 0.25) is 0 Å². The van der Waals surface area contributed by atoms with Gasteiger partial charge in [0.15, 0.2) is 0 Å². The van der Waals surface area contributed by atoms with Gasteiger partial charge in [0.25, 0.3) is 0 Å². The minimum Gasteiger partial charge on any atom is -0.456 e. The fraction of sp³-hybridized carbons (Fsp3) is 0.444. The number of hydrogen-bond acceptors (Lipinski definition) is 3. The van der Waals surface area contributed by atoms with Gasteiger partial charge in [-0.2, -0.15) is 0 Å². The predicted octanol–water partition coefficient (Wildman–Crippen LogP) is 0.490. The van der Waals surface area contributed by atoms with Crippen LogP contribution in [0, 0.1) is 11.8 Å². The van der Waals surface area contributed by atoms with E-state index in [-0.39, 0.29) is 0 Å². The molecule has 0 heterocycles. The summed E-state index contributed by atoms with van der Waals surface area (Å²) in [6.45, 7) is 3.75. The van der Waals surface area contributed by atoms with Crippen molar-refractivity contribution in [2.75, 3.05) is 6.61 Å². The fourth-order valence-corrected chi connectivity index (χ4v) is 0.530. The topological polar surface area (TPSA) is 46.5 Å². The van der Waals surface area contributed by atoms with Crippen molar-refractivity contribution in [3.63, 3.8) is 0 Å². The molecule has 0 radical (unpaired) electrons. The first kappa shape index (κ1) is 10.7. The molecule has 1 atom stereocenters. The lowest BCUT2D eigenvalue weighted by Gasteiger charge is -1.93. The minimum atomic E-state index is -0.889. The Hall–Kier alpha value is -1.27. The van der Waals surface area contributed by atoms with Gasteiger partial charge in [-0.05, 0) is 19.9 Å². The van der Waals surface area contributed by atoms with E-state index < -0.39 is 12.1 Å². The molecule has 0 aromatic carbocycles. The van der Waals surface area contributed by atoms with Crippen LogP contribution in [0.15, 0.2) is 12.2 Å². The van der Waals surface area contributed by atoms with Crippen LogP contribution in [0.2, 0.25) is 0 Å². The Morgan fingerprint density at radius 2 is 2.42 bits per heavy atom. The highest BCUT2D eigenvalue weighted by molar-refractivity contribution is 5.88. The van der Waals surface area contributed by atoms with Crippen LogP contribution in [0.4, 0.5) is 0 Å². The molecule has 0 rings (SSSR count). The molecular formula is C9H12O3. The third kappa shape index (κ3) is 5.51. The summed E-state index contributed by atoms with van der Waals surface area (Å²) in [6, 6.07) is 0. The van der Waals surface area contributed by atoms with E-state index in [4.69, 9.17) is 5.11 Å². The molecule has 3 heteroatoms. The van der Waals surface area contributed by atoms with Crippen molar-refractivity contribution in [1.29, 1.82) is 0 Å². The van der Waals surface area contributed by atoms with Crippen molar-refractivity contribution in [2.24, 2.45) is 0 Å². The van der Waals surface area contributed by atoms with Crippen molar-refractivity contribution in [1.82, 2.24) is 0 Å². The van der Waals surface area contributed by atoms with Gasteiger partial charge in [0, 0.05) is 5.92 Å². The predicted molar refractivity (Wildman–Crippen MR) is 45.2 cm³/mol. The maximum Gasteiger partial charge on any atom is 0.384 e. The van der Waals surface area contributed by atoms with Crippen LogP contribution in [0.25, 0.3) is 0 Å². The smallest absolute Gasteiger partial charge is 0.384 e. The molecule has 0 aliphatic carbocycles. The van der Waals surface area contributed by atoms with Gasteiger partial charge in [-0.25, -0.2) is 4.79 Å². The Balaban J connectivity index is 3.93. The first-order valence-electron chi connectivity index (χ1n) is 3.69. The maximum absolute atomic E-state index is 10.6. The summed E-state index contributed by atoms with van der Waals surface area (Å²) in [5, 5.41) is 9.00. The number of carbonyl (C=O) groups is 1. The molecule has 66 valence electrons. The van der Waals surface area contributed by atoms with Crippen LogP contribution in [0.3, 0.4) is 0 Å². The van der Waals surface area contributed by atoms with Crippen molar-refractivity contribution >= 4 is 5.97 Å². The standard InChI is InChI=1S/C9H12O3/c1-3-5-8(10)6-7-9(11)12-4-2/h3,5,8,10H,4H2,1-2H3. The lowest BCUT2D eigenvalue weighted by atomic mass is 10.3. The minimum absolute atomic E-state index is 0.299. The highest BCUT2D eigenvalue weighted by atomic mass is 16.5. The highest BCUT2D eigenvalue weighted by Crippen LogP contribution is 1.82. The zero-order valence-corrected chi connectivity index (χ0v) is 7.20. The first-order valence-corrected chi connectivity index (χ1v) is 3.69. The van der Waals surface area contributed by atoms with Crippen LogP contribution < -0.4 is 0 Å². The molecular weight excluding hydrogens is 156 g/mol. The van der Waals surface area contributed by atoms with Crippen molar-refractivity contribution in [3.8, 4) is 11.8 Å². The molecule has 3 nitrogen and oxygen atoms in total. The monoisotopic (exact) mass is 168 g/mol. The lowest BCUT2D eigenvalue weighted by Crippen LogP contribution is -2.03. The van der Waals surface area contributed by atoms with Gasteiger partial charge in [-0.3, -0.25) is 0 Å². The van der Waals surface area contributed by atoms with Crippen molar-refractivity contribution in [3.05, 3.63) is 12.2 Å². The quantitative estimate of drug-likeness (QED) is 0.282. The molecule has 0 spiro atoms. The Bertz CT molecular complexity index is 220. The molecule has 0 fully saturated rings. The number of aliphatic hydroxyl groups excluding tert-OH is 1. The van der Waals surface area contributed by atoms with E-state index in [2.05, 4.69) is 16.6 Å². The Morgan fingerprint density at radius 1 is 1.75 bits per heavy atom. The van der Waals surface area contributed by atoms with E-state index in [1.165, 1.54) is 6.08 Å². The van der Waals surface area contributed by atoms with Crippen LogP contribution in [-0.2, 0) is 9.53 Å². The van der Waals surface area contributed by atoms with E-state index in [9.17, 15) is 4.79 Å². The molecule has 0 bridgehead atoms. The zero-order chi connectivity index (χ0) is 9.40. The summed E-state index contributed by atoms with van der Waals surface area (Å²) < 4.78 is 4.52. The van der Waals surface area contributed by atoms with Gasteiger partial charge in [-0.15, -0.1) is 0 Å². The van der Waals surface area contributed by atoms with E-state index in [0.717, 1.165) is 0 Å². The van der Waals surface area contributed by atoms with Crippen LogP contribution >= 0.6 is 0 Å². The molecule has 0 aliphatic heterocycles. The maximum atomic E-state index is 10.6. The average Bonchev–Trinajstić information content (AvgIpc) is 2.02. The fourth-order valence-electron chi connectivity index (χ4n) is 0.530. The largest absolute Gasteiger partial charge is 0.456 e. The molecule has 12 heavy (non-hydrogen) atoms. The molecule has 1 N–H and O–H groups in total. The van der Waals surface area contributed by atoms with Gasteiger partial charge < -0.3 is 9.84 Å². The molecule has 0 saturated heterocycles. The summed E-state index contributed by atoms with van der Waals surface area (Å²) in [7, 11) is 0. The van der Waals surface area contributed by atoms with Crippen LogP contribution in [0.1, 0.15) is 13.8 Å². The van der Waals surface area contributed by atoms with Crippen molar-refractivity contribution < 1.29 is 14.6 Å². The second kappa shape index (κ2) is 6.44. The molecule has 0 aromatic rings. The summed E-state index contributed by atoms with van der Waals surface area (Å²) >= 11 is 0. The van der Waals surface area contributed by atoms with Gasteiger partial charge >= 0.3 is 5.97 Å². The number of allylic oxidation sites excluding steroid dienone is 1. The van der Waals surface area contributed by atoms with Crippen molar-refractivity contribution in [2.45, 2.75) is 20.0 Å². The molecule has 0 amide bonds. The second-order valence-corrected chi connectivity index (χ2v) is 1.96. The number of aliphatic hydroxyl groups is 1. The molecule has 0 saturated carbocycles. The summed E-state index contributed by atoms with van der Waals surface area (Å²) in [5.74, 6) is 3.86. The third-order valence-corrected chi connectivity index (χ3v) is 0.972. The van der Waals surface area contributed by atoms with E-state index in [1.54, 1.807) is 19.9 Å². The van der Waals surface area contributed by atoms with Crippen LogP contribution in [0.5, 0.6) is 0 Å². The molecule has 0 aromatic heterocycles. The van der Waals surface area contributed by atoms with Crippen LogP contribution in [-0.4, -0.2) is 23.8 Å². The number of hydrogen-bond donors (Lipinski definition) is 1. The van der Waals surface area contributed by atoms with Gasteiger partial charge in [-0.1, -0.05) is 12.0 Å². The normalized spacial score (nSPS) is 11.9. The van der Waals surface area contributed by atoms with Gasteiger partial charge in [0.1, 0.15) is 6.10 Å².